The van der Waals surface area contributed by atoms with E-state index in [-0.39, 0.29) is 23.5 Å². The fraction of sp³-hybridized carbons (Fsp3) is 0.333. The Hall–Kier alpha value is -2.71. The standard InChI is InChI=1S/C21H25N3O4S/c1-15-13-18-7-5-6-8-20(18)24(15)21(25)14-28-22-16(2)17-9-11-19(12-10-17)29(26,27)23(3)4/h5-12,15H,13-14H2,1-4H3/b22-16-/t15-/m0/s1. The second-order valence-corrected chi connectivity index (χ2v) is 9.36. The fourth-order valence-corrected chi connectivity index (χ4v) is 4.23. The quantitative estimate of drug-likeness (QED) is 0.537. The monoisotopic (exact) mass is 415 g/mol. The Morgan fingerprint density at radius 2 is 1.83 bits per heavy atom. The van der Waals surface area contributed by atoms with E-state index in [9.17, 15) is 13.2 Å². The summed E-state index contributed by atoms with van der Waals surface area (Å²) in [6.45, 7) is 3.59. The third kappa shape index (κ3) is 4.33. The van der Waals surface area contributed by atoms with Crippen LogP contribution in [0.15, 0.2) is 58.6 Å². The molecule has 1 atom stereocenters. The molecule has 1 amide bonds. The van der Waals surface area contributed by atoms with Gasteiger partial charge in [0.05, 0.1) is 10.6 Å². The number of rotatable bonds is 6. The average molecular weight is 416 g/mol. The molecule has 0 bridgehead atoms. The summed E-state index contributed by atoms with van der Waals surface area (Å²) in [6.07, 6.45) is 0.826. The summed E-state index contributed by atoms with van der Waals surface area (Å²) in [7, 11) is -0.502. The van der Waals surface area contributed by atoms with Crippen LogP contribution in [0.25, 0.3) is 0 Å². The molecule has 0 saturated carbocycles. The highest BCUT2D eigenvalue weighted by Crippen LogP contribution is 2.31. The van der Waals surface area contributed by atoms with Crippen LogP contribution < -0.4 is 4.90 Å². The fourth-order valence-electron chi connectivity index (χ4n) is 3.33. The maximum Gasteiger partial charge on any atom is 0.268 e. The molecule has 0 fully saturated rings. The van der Waals surface area contributed by atoms with Crippen molar-refractivity contribution in [3.8, 4) is 0 Å². The van der Waals surface area contributed by atoms with Crippen molar-refractivity contribution in [2.75, 3.05) is 25.6 Å². The topological polar surface area (TPSA) is 79.3 Å². The highest BCUT2D eigenvalue weighted by Gasteiger charge is 2.30. The van der Waals surface area contributed by atoms with E-state index < -0.39 is 10.0 Å². The Balaban J connectivity index is 1.64. The van der Waals surface area contributed by atoms with Gasteiger partial charge in [-0.15, -0.1) is 0 Å². The van der Waals surface area contributed by atoms with Gasteiger partial charge >= 0.3 is 0 Å². The smallest absolute Gasteiger partial charge is 0.268 e. The molecule has 154 valence electrons. The van der Waals surface area contributed by atoms with Gasteiger partial charge in [0.2, 0.25) is 10.0 Å². The number of nitrogens with zero attached hydrogens (tertiary/aromatic N) is 3. The Morgan fingerprint density at radius 3 is 2.48 bits per heavy atom. The van der Waals surface area contributed by atoms with Crippen molar-refractivity contribution in [1.29, 1.82) is 0 Å². The third-order valence-electron chi connectivity index (χ3n) is 4.92. The minimum absolute atomic E-state index is 0.0831. The van der Waals surface area contributed by atoms with E-state index in [1.807, 2.05) is 31.2 Å². The lowest BCUT2D eigenvalue weighted by Gasteiger charge is -2.22. The second-order valence-electron chi connectivity index (χ2n) is 7.21. The molecule has 3 rings (SSSR count). The van der Waals surface area contributed by atoms with E-state index in [0.717, 1.165) is 27.5 Å². The first kappa shape index (κ1) is 21.0. The highest BCUT2D eigenvalue weighted by atomic mass is 32.2. The normalized spacial score (nSPS) is 16.8. The number of amides is 1. The summed E-state index contributed by atoms with van der Waals surface area (Å²) in [4.78, 5) is 19.9. The number of carbonyl (C=O) groups excluding carboxylic acids is 1. The first-order valence-corrected chi connectivity index (χ1v) is 10.8. The molecule has 0 N–H and O–H groups in total. The van der Waals surface area contributed by atoms with Gasteiger partial charge in [0.15, 0.2) is 6.61 Å². The first-order chi connectivity index (χ1) is 13.7. The van der Waals surface area contributed by atoms with Crippen LogP contribution >= 0.6 is 0 Å². The first-order valence-electron chi connectivity index (χ1n) is 9.31. The molecule has 0 radical (unpaired) electrons. The lowest BCUT2D eigenvalue weighted by Crippen LogP contribution is -2.38. The van der Waals surface area contributed by atoms with Crippen LogP contribution in [0.3, 0.4) is 0 Å². The van der Waals surface area contributed by atoms with Gasteiger partial charge in [-0.05, 0) is 49.6 Å². The summed E-state index contributed by atoms with van der Waals surface area (Å²) < 4.78 is 25.4. The van der Waals surface area contributed by atoms with Gasteiger partial charge in [0, 0.05) is 25.8 Å². The second kappa shape index (κ2) is 8.34. The van der Waals surface area contributed by atoms with Crippen molar-refractivity contribution in [1.82, 2.24) is 4.31 Å². The van der Waals surface area contributed by atoms with Crippen LogP contribution in [-0.4, -0.2) is 51.1 Å². The predicted molar refractivity (Wildman–Crippen MR) is 113 cm³/mol. The number of benzene rings is 2. The number of oxime groups is 1. The molecule has 0 aromatic heterocycles. The molecule has 2 aromatic carbocycles. The zero-order valence-corrected chi connectivity index (χ0v) is 17.8. The van der Waals surface area contributed by atoms with E-state index in [4.69, 9.17) is 4.84 Å². The number of sulfonamides is 1. The number of fused-ring (bicyclic) bond motifs is 1. The predicted octanol–water partition coefficient (Wildman–Crippen LogP) is 2.66. The van der Waals surface area contributed by atoms with Gasteiger partial charge in [-0.2, -0.15) is 0 Å². The molecule has 0 aliphatic carbocycles. The van der Waals surface area contributed by atoms with Crippen LogP contribution in [0.2, 0.25) is 0 Å². The Morgan fingerprint density at radius 1 is 1.17 bits per heavy atom. The highest BCUT2D eigenvalue weighted by molar-refractivity contribution is 7.89. The van der Waals surface area contributed by atoms with Gasteiger partial charge in [-0.3, -0.25) is 4.79 Å². The van der Waals surface area contributed by atoms with Gasteiger partial charge < -0.3 is 9.74 Å². The van der Waals surface area contributed by atoms with Crippen LogP contribution in [0, 0.1) is 0 Å². The molecule has 0 saturated heterocycles. The molecular formula is C21H25N3O4S. The largest absolute Gasteiger partial charge is 0.385 e. The SMILES string of the molecule is C/C(=N/OCC(=O)N1c2ccccc2C[C@@H]1C)c1ccc(S(=O)(=O)N(C)C)cc1. The van der Waals surface area contributed by atoms with E-state index >= 15 is 0 Å². The number of hydrogen-bond donors (Lipinski definition) is 0. The van der Waals surface area contributed by atoms with Crippen molar-refractivity contribution in [3.05, 3.63) is 59.7 Å². The third-order valence-corrected chi connectivity index (χ3v) is 6.75. The maximum absolute atomic E-state index is 12.6. The van der Waals surface area contributed by atoms with Gasteiger partial charge in [0.25, 0.3) is 5.91 Å². The molecule has 0 spiro atoms. The number of para-hydroxylation sites is 1. The van der Waals surface area contributed by atoms with E-state index in [2.05, 4.69) is 5.16 Å². The molecule has 1 aliphatic heterocycles. The van der Waals surface area contributed by atoms with Crippen molar-refractivity contribution in [2.24, 2.45) is 5.16 Å². The Kier molecular flexibility index (Phi) is 6.04. The van der Waals surface area contributed by atoms with Crippen LogP contribution in [0.5, 0.6) is 0 Å². The minimum Gasteiger partial charge on any atom is -0.385 e. The number of anilines is 1. The summed E-state index contributed by atoms with van der Waals surface area (Å²) in [5.41, 5.74) is 3.35. The van der Waals surface area contributed by atoms with Crippen molar-refractivity contribution < 1.29 is 18.0 Å². The summed E-state index contributed by atoms with van der Waals surface area (Å²) in [5.74, 6) is -0.147. The van der Waals surface area contributed by atoms with Gasteiger partial charge in [-0.25, -0.2) is 12.7 Å². The number of hydrogen-bond acceptors (Lipinski definition) is 5. The van der Waals surface area contributed by atoms with E-state index in [0.29, 0.717) is 5.71 Å². The summed E-state index contributed by atoms with van der Waals surface area (Å²) >= 11 is 0. The summed E-state index contributed by atoms with van der Waals surface area (Å²) in [6, 6.07) is 14.3. The van der Waals surface area contributed by atoms with Crippen molar-refractivity contribution >= 4 is 27.3 Å². The maximum atomic E-state index is 12.6. The lowest BCUT2D eigenvalue weighted by atomic mass is 10.1. The van der Waals surface area contributed by atoms with Crippen LogP contribution in [0.1, 0.15) is 25.0 Å². The zero-order chi connectivity index (χ0) is 21.2. The van der Waals surface area contributed by atoms with Gasteiger partial charge in [-0.1, -0.05) is 35.5 Å². The molecule has 0 unspecified atom stereocenters. The van der Waals surface area contributed by atoms with E-state index in [1.165, 1.54) is 26.2 Å². The molecule has 8 heteroatoms. The number of carbonyl (C=O) groups is 1. The van der Waals surface area contributed by atoms with Crippen LogP contribution in [-0.2, 0) is 26.1 Å². The molecule has 29 heavy (non-hydrogen) atoms. The molecule has 1 aliphatic rings. The Labute approximate surface area is 171 Å². The van der Waals surface area contributed by atoms with Gasteiger partial charge in [0.1, 0.15) is 0 Å². The van der Waals surface area contributed by atoms with Crippen molar-refractivity contribution in [3.63, 3.8) is 0 Å². The van der Waals surface area contributed by atoms with E-state index in [1.54, 1.807) is 24.0 Å². The molecule has 7 nitrogen and oxygen atoms in total. The Bertz CT molecular complexity index is 1030. The molecule has 1 heterocycles. The minimum atomic E-state index is -3.47. The van der Waals surface area contributed by atoms with Crippen LogP contribution in [0.4, 0.5) is 5.69 Å². The molecule has 2 aromatic rings. The summed E-state index contributed by atoms with van der Waals surface area (Å²) in [5, 5.41) is 4.02. The lowest BCUT2D eigenvalue weighted by molar-refractivity contribution is -0.123. The average Bonchev–Trinajstić information content (AvgIpc) is 3.03. The molecular weight excluding hydrogens is 390 g/mol. The van der Waals surface area contributed by atoms with Crippen molar-refractivity contribution in [2.45, 2.75) is 31.2 Å². The zero-order valence-electron chi connectivity index (χ0n) is 17.0.